The second-order valence-electron chi connectivity index (χ2n) is 3.45. The Bertz CT molecular complexity index is 373. The van der Waals surface area contributed by atoms with Crippen LogP contribution in [-0.2, 0) is 16.0 Å². The highest BCUT2D eigenvalue weighted by Crippen LogP contribution is 2.10. The minimum absolute atomic E-state index is 0.102. The zero-order chi connectivity index (χ0) is 12.0. The van der Waals surface area contributed by atoms with Crippen LogP contribution in [-0.4, -0.2) is 11.8 Å². The Kier molecular flexibility index (Phi) is 4.47. The molecule has 0 aromatic heterocycles. The molecule has 5 heteroatoms. The number of aryl methyl sites for hydroxylation is 1. The topological polar surface area (TPSA) is 84.2 Å². The van der Waals surface area contributed by atoms with Gasteiger partial charge in [0.05, 0.1) is 0 Å². The second kappa shape index (κ2) is 5.87. The van der Waals surface area contributed by atoms with Gasteiger partial charge in [-0.3, -0.25) is 15.0 Å². The van der Waals surface area contributed by atoms with Gasteiger partial charge in [-0.2, -0.15) is 0 Å². The molecule has 0 fully saturated rings. The number of hydrogen-bond acceptors (Lipinski definition) is 3. The molecule has 4 N–H and O–H groups in total. The maximum atomic E-state index is 10.9. The van der Waals surface area contributed by atoms with E-state index in [1.165, 1.54) is 6.92 Å². The summed E-state index contributed by atoms with van der Waals surface area (Å²) in [4.78, 5) is 21.7. The van der Waals surface area contributed by atoms with E-state index in [0.717, 1.165) is 11.3 Å². The fraction of sp³-hybridized carbons (Fsp3) is 0.273. The molecule has 0 aliphatic carbocycles. The SMILES string of the molecule is CC(=O)Nc1ccc(CCC(=O)NN)cc1. The molecule has 2 amide bonds. The Labute approximate surface area is 94.0 Å². The minimum atomic E-state index is -0.189. The van der Waals surface area contributed by atoms with Crippen molar-refractivity contribution in [3.63, 3.8) is 0 Å². The van der Waals surface area contributed by atoms with Crippen molar-refractivity contribution in [2.45, 2.75) is 19.8 Å². The van der Waals surface area contributed by atoms with Crippen LogP contribution in [0.15, 0.2) is 24.3 Å². The first kappa shape index (κ1) is 12.2. The number of amides is 2. The summed E-state index contributed by atoms with van der Waals surface area (Å²) in [5, 5.41) is 2.67. The molecule has 0 radical (unpaired) electrons. The molecule has 1 aromatic carbocycles. The Morgan fingerprint density at radius 3 is 2.38 bits per heavy atom. The standard InChI is InChI=1S/C11H15N3O2/c1-8(15)13-10-5-2-9(3-6-10)4-7-11(16)14-12/h2-3,5-6H,4,7,12H2,1H3,(H,13,15)(H,14,16). The number of hydrazine groups is 1. The summed E-state index contributed by atoms with van der Waals surface area (Å²) in [6, 6.07) is 7.35. The number of hydrogen-bond donors (Lipinski definition) is 3. The van der Waals surface area contributed by atoms with E-state index in [9.17, 15) is 9.59 Å². The van der Waals surface area contributed by atoms with Crippen LogP contribution in [0, 0.1) is 0 Å². The lowest BCUT2D eigenvalue weighted by Gasteiger charge is -2.04. The van der Waals surface area contributed by atoms with E-state index in [1.807, 2.05) is 12.1 Å². The Morgan fingerprint density at radius 2 is 1.88 bits per heavy atom. The summed E-state index contributed by atoms with van der Waals surface area (Å²) in [5.41, 5.74) is 3.85. The van der Waals surface area contributed by atoms with Gasteiger partial charge in [0.2, 0.25) is 11.8 Å². The van der Waals surface area contributed by atoms with Crippen molar-refractivity contribution in [1.82, 2.24) is 5.43 Å². The molecule has 1 aromatic rings. The molecule has 0 saturated heterocycles. The number of nitrogens with two attached hydrogens (primary N) is 1. The van der Waals surface area contributed by atoms with Gasteiger partial charge in [-0.15, -0.1) is 0 Å². The summed E-state index contributed by atoms with van der Waals surface area (Å²) < 4.78 is 0. The van der Waals surface area contributed by atoms with Crippen LogP contribution in [0.5, 0.6) is 0 Å². The normalized spacial score (nSPS) is 9.62. The van der Waals surface area contributed by atoms with Crippen molar-refractivity contribution >= 4 is 17.5 Å². The molecule has 1 rings (SSSR count). The van der Waals surface area contributed by atoms with E-state index in [1.54, 1.807) is 12.1 Å². The average molecular weight is 221 g/mol. The van der Waals surface area contributed by atoms with E-state index in [-0.39, 0.29) is 11.8 Å². The lowest BCUT2D eigenvalue weighted by Crippen LogP contribution is -2.30. The molecule has 0 heterocycles. The van der Waals surface area contributed by atoms with E-state index in [0.29, 0.717) is 12.8 Å². The van der Waals surface area contributed by atoms with Gasteiger partial charge < -0.3 is 5.32 Å². The molecule has 86 valence electrons. The highest BCUT2D eigenvalue weighted by molar-refractivity contribution is 5.88. The highest BCUT2D eigenvalue weighted by Gasteiger charge is 2.00. The van der Waals surface area contributed by atoms with Gasteiger partial charge in [0, 0.05) is 19.0 Å². The maximum Gasteiger partial charge on any atom is 0.234 e. The third-order valence-corrected chi connectivity index (χ3v) is 2.08. The van der Waals surface area contributed by atoms with Crippen molar-refractivity contribution in [2.75, 3.05) is 5.32 Å². The lowest BCUT2D eigenvalue weighted by atomic mass is 10.1. The number of rotatable bonds is 4. The van der Waals surface area contributed by atoms with Crippen molar-refractivity contribution in [3.8, 4) is 0 Å². The smallest absolute Gasteiger partial charge is 0.234 e. The molecule has 16 heavy (non-hydrogen) atoms. The van der Waals surface area contributed by atoms with Gasteiger partial charge >= 0.3 is 0 Å². The van der Waals surface area contributed by atoms with Crippen LogP contribution in [0.2, 0.25) is 0 Å². The molecule has 0 atom stereocenters. The largest absolute Gasteiger partial charge is 0.326 e. The van der Waals surface area contributed by atoms with Crippen LogP contribution in [0.3, 0.4) is 0 Å². The molecule has 0 aliphatic heterocycles. The van der Waals surface area contributed by atoms with Crippen LogP contribution in [0.4, 0.5) is 5.69 Å². The van der Waals surface area contributed by atoms with Crippen LogP contribution in [0.1, 0.15) is 18.9 Å². The predicted octanol–water partition coefficient (Wildman–Crippen LogP) is 0.567. The van der Waals surface area contributed by atoms with E-state index >= 15 is 0 Å². The van der Waals surface area contributed by atoms with E-state index in [4.69, 9.17) is 5.84 Å². The fourth-order valence-corrected chi connectivity index (χ4v) is 1.29. The van der Waals surface area contributed by atoms with Gasteiger partial charge in [-0.1, -0.05) is 12.1 Å². The number of nitrogens with one attached hydrogen (secondary N) is 2. The van der Waals surface area contributed by atoms with E-state index in [2.05, 4.69) is 10.7 Å². The van der Waals surface area contributed by atoms with Crippen molar-refractivity contribution in [2.24, 2.45) is 5.84 Å². The van der Waals surface area contributed by atoms with Crippen LogP contribution in [0.25, 0.3) is 0 Å². The monoisotopic (exact) mass is 221 g/mol. The Balaban J connectivity index is 2.51. The summed E-state index contributed by atoms with van der Waals surface area (Å²) in [7, 11) is 0. The summed E-state index contributed by atoms with van der Waals surface area (Å²) in [6.45, 7) is 1.46. The molecule has 5 nitrogen and oxygen atoms in total. The third-order valence-electron chi connectivity index (χ3n) is 2.08. The number of anilines is 1. The average Bonchev–Trinajstić information content (AvgIpc) is 2.27. The number of carbonyl (C=O) groups is 2. The molecule has 0 unspecified atom stereocenters. The van der Waals surface area contributed by atoms with Crippen molar-refractivity contribution in [3.05, 3.63) is 29.8 Å². The van der Waals surface area contributed by atoms with E-state index < -0.39 is 0 Å². The van der Waals surface area contributed by atoms with Gasteiger partial charge in [-0.25, -0.2) is 5.84 Å². The van der Waals surface area contributed by atoms with Gasteiger partial charge in [0.25, 0.3) is 0 Å². The van der Waals surface area contributed by atoms with Crippen LogP contribution >= 0.6 is 0 Å². The van der Waals surface area contributed by atoms with Gasteiger partial charge in [0.1, 0.15) is 0 Å². The molecular formula is C11H15N3O2. The summed E-state index contributed by atoms with van der Waals surface area (Å²) in [5.74, 6) is 4.68. The predicted molar refractivity (Wildman–Crippen MR) is 61.4 cm³/mol. The molecule has 0 saturated carbocycles. The first-order chi connectivity index (χ1) is 7.61. The molecule has 0 spiro atoms. The summed E-state index contributed by atoms with van der Waals surface area (Å²) in [6.07, 6.45) is 0.985. The van der Waals surface area contributed by atoms with Crippen LogP contribution < -0.4 is 16.6 Å². The van der Waals surface area contributed by atoms with Crippen molar-refractivity contribution < 1.29 is 9.59 Å². The zero-order valence-corrected chi connectivity index (χ0v) is 9.12. The first-order valence-corrected chi connectivity index (χ1v) is 4.98. The zero-order valence-electron chi connectivity index (χ0n) is 9.12. The molecule has 0 bridgehead atoms. The Morgan fingerprint density at radius 1 is 1.25 bits per heavy atom. The highest BCUT2D eigenvalue weighted by atomic mass is 16.2. The van der Waals surface area contributed by atoms with Crippen molar-refractivity contribution in [1.29, 1.82) is 0 Å². The number of benzene rings is 1. The number of carbonyl (C=O) groups excluding carboxylic acids is 2. The quantitative estimate of drug-likeness (QED) is 0.395. The molecular weight excluding hydrogens is 206 g/mol. The second-order valence-corrected chi connectivity index (χ2v) is 3.45. The Hall–Kier alpha value is -1.88. The van der Waals surface area contributed by atoms with Gasteiger partial charge in [0.15, 0.2) is 0 Å². The minimum Gasteiger partial charge on any atom is -0.326 e. The molecule has 0 aliphatic rings. The lowest BCUT2D eigenvalue weighted by molar-refractivity contribution is -0.121. The third kappa shape index (κ3) is 4.10. The maximum absolute atomic E-state index is 10.9. The van der Waals surface area contributed by atoms with Gasteiger partial charge in [-0.05, 0) is 24.1 Å². The summed E-state index contributed by atoms with van der Waals surface area (Å²) >= 11 is 0. The first-order valence-electron chi connectivity index (χ1n) is 4.98. The fourth-order valence-electron chi connectivity index (χ4n) is 1.29.